The normalized spacial score (nSPS) is 24.4. The van der Waals surface area contributed by atoms with Gasteiger partial charge >= 0.3 is 0 Å². The molecule has 9 heavy (non-hydrogen) atoms. The van der Waals surface area contributed by atoms with E-state index in [1.807, 2.05) is 0 Å². The highest BCUT2D eigenvalue weighted by atomic mass is 14.7. The molecule has 4 N–H and O–H groups in total. The lowest BCUT2D eigenvalue weighted by atomic mass is 10.1. The van der Waals surface area contributed by atoms with Crippen molar-refractivity contribution in [3.05, 3.63) is 22.5 Å². The molecule has 0 spiro atoms. The lowest BCUT2D eigenvalue weighted by molar-refractivity contribution is 0.974. The maximum Gasteiger partial charge on any atom is 0.0542 e. The zero-order valence-electron chi connectivity index (χ0n) is 5.28. The number of hydrogen-bond donors (Lipinski definition) is 2. The molecule has 2 bridgehead atoms. The molecule has 0 aromatic heterocycles. The van der Waals surface area contributed by atoms with E-state index in [0.29, 0.717) is 0 Å². The second-order valence-electron chi connectivity index (χ2n) is 2.71. The summed E-state index contributed by atoms with van der Waals surface area (Å²) < 4.78 is 0. The molecule has 2 aliphatic carbocycles. The maximum absolute atomic E-state index is 5.66. The Labute approximate surface area is 54.2 Å². The van der Waals surface area contributed by atoms with Gasteiger partial charge in [0.25, 0.3) is 0 Å². The van der Waals surface area contributed by atoms with Gasteiger partial charge in [0.15, 0.2) is 0 Å². The molecule has 48 valence electrons. The highest BCUT2D eigenvalue weighted by Gasteiger charge is 2.25. The molecule has 2 nitrogen and oxygen atoms in total. The minimum Gasteiger partial charge on any atom is -0.397 e. The van der Waals surface area contributed by atoms with E-state index in [2.05, 4.69) is 0 Å². The molecule has 2 rings (SSSR count). The number of hydrogen-bond acceptors (Lipinski definition) is 2. The van der Waals surface area contributed by atoms with Crippen molar-refractivity contribution in [1.29, 1.82) is 0 Å². The van der Waals surface area contributed by atoms with E-state index in [4.69, 9.17) is 11.5 Å². The van der Waals surface area contributed by atoms with Gasteiger partial charge in [0.05, 0.1) is 11.4 Å². The van der Waals surface area contributed by atoms with Crippen LogP contribution in [0.15, 0.2) is 22.5 Å². The molecule has 0 aromatic rings. The van der Waals surface area contributed by atoms with E-state index in [-0.39, 0.29) is 0 Å². The van der Waals surface area contributed by atoms with Crippen LogP contribution < -0.4 is 11.5 Å². The van der Waals surface area contributed by atoms with Crippen LogP contribution in [-0.4, -0.2) is 0 Å². The van der Waals surface area contributed by atoms with Gasteiger partial charge in [-0.05, 0) is 30.4 Å². The molecular formula is C7H10N2. The fraction of sp³-hybridized carbons (Fsp3) is 0.429. The van der Waals surface area contributed by atoms with Crippen molar-refractivity contribution in [2.75, 3.05) is 0 Å². The lowest BCUT2D eigenvalue weighted by Gasteiger charge is -2.04. The molecule has 2 heteroatoms. The highest BCUT2D eigenvalue weighted by molar-refractivity contribution is 5.47. The maximum atomic E-state index is 5.66. The summed E-state index contributed by atoms with van der Waals surface area (Å²) in [5.74, 6) is 0. The lowest BCUT2D eigenvalue weighted by Crippen LogP contribution is -2.11. The summed E-state index contributed by atoms with van der Waals surface area (Å²) in [5.41, 5.74) is 15.8. The van der Waals surface area contributed by atoms with Gasteiger partial charge in [0, 0.05) is 0 Å². The molecule has 0 saturated heterocycles. The van der Waals surface area contributed by atoms with Crippen LogP contribution in [0.2, 0.25) is 0 Å². The Hall–Kier alpha value is -0.920. The number of fused-ring (bicyclic) bond motifs is 2. The SMILES string of the molecule is NC1=C2CCC(=C1N)C2. The van der Waals surface area contributed by atoms with Crippen molar-refractivity contribution in [2.45, 2.75) is 19.3 Å². The highest BCUT2D eigenvalue weighted by Crippen LogP contribution is 2.39. The van der Waals surface area contributed by atoms with Crippen molar-refractivity contribution < 1.29 is 0 Å². The van der Waals surface area contributed by atoms with Gasteiger partial charge in [-0.25, -0.2) is 0 Å². The topological polar surface area (TPSA) is 52.0 Å². The van der Waals surface area contributed by atoms with Crippen LogP contribution in [0.5, 0.6) is 0 Å². The molecule has 0 heterocycles. The zero-order valence-corrected chi connectivity index (χ0v) is 5.28. The van der Waals surface area contributed by atoms with Crippen molar-refractivity contribution in [3.8, 4) is 0 Å². The van der Waals surface area contributed by atoms with Crippen molar-refractivity contribution in [3.63, 3.8) is 0 Å². The first-order valence-electron chi connectivity index (χ1n) is 3.24. The van der Waals surface area contributed by atoms with Gasteiger partial charge in [-0.2, -0.15) is 0 Å². The van der Waals surface area contributed by atoms with E-state index < -0.39 is 0 Å². The van der Waals surface area contributed by atoms with Crippen molar-refractivity contribution in [2.24, 2.45) is 11.5 Å². The third kappa shape index (κ3) is 0.453. The average Bonchev–Trinajstić information content (AvgIpc) is 2.37. The van der Waals surface area contributed by atoms with Crippen LogP contribution in [0.4, 0.5) is 0 Å². The van der Waals surface area contributed by atoms with E-state index in [9.17, 15) is 0 Å². The minimum atomic E-state index is 0.872. The largest absolute Gasteiger partial charge is 0.397 e. The first kappa shape index (κ1) is 4.91. The van der Waals surface area contributed by atoms with Crippen LogP contribution in [0, 0.1) is 0 Å². The van der Waals surface area contributed by atoms with Crippen LogP contribution in [-0.2, 0) is 0 Å². The standard InChI is InChI=1S/C7H10N2/c8-6-4-1-2-5(3-4)7(6)9/h1-3,8-9H2. The zero-order chi connectivity index (χ0) is 6.43. The van der Waals surface area contributed by atoms with Gasteiger partial charge in [0.1, 0.15) is 0 Å². The van der Waals surface area contributed by atoms with Crippen molar-refractivity contribution in [1.82, 2.24) is 0 Å². The van der Waals surface area contributed by atoms with Gasteiger partial charge < -0.3 is 11.5 Å². The van der Waals surface area contributed by atoms with Crippen LogP contribution in [0.25, 0.3) is 0 Å². The van der Waals surface area contributed by atoms with Crippen LogP contribution in [0.1, 0.15) is 19.3 Å². The first-order valence-corrected chi connectivity index (χ1v) is 3.24. The summed E-state index contributed by atoms with van der Waals surface area (Å²) >= 11 is 0. The van der Waals surface area contributed by atoms with Gasteiger partial charge in [-0.3, -0.25) is 0 Å². The number of allylic oxidation sites excluding steroid dienone is 2. The molecule has 0 atom stereocenters. The Balaban J connectivity index is 2.52. The molecule has 1 fully saturated rings. The van der Waals surface area contributed by atoms with E-state index in [1.54, 1.807) is 0 Å². The summed E-state index contributed by atoms with van der Waals surface area (Å²) in [6.07, 6.45) is 3.38. The Morgan fingerprint density at radius 3 is 1.56 bits per heavy atom. The summed E-state index contributed by atoms with van der Waals surface area (Å²) in [5, 5.41) is 0. The summed E-state index contributed by atoms with van der Waals surface area (Å²) in [4.78, 5) is 0. The third-order valence-corrected chi connectivity index (χ3v) is 2.21. The fourth-order valence-electron chi connectivity index (χ4n) is 1.58. The average molecular weight is 122 g/mol. The summed E-state index contributed by atoms with van der Waals surface area (Å²) in [6, 6.07) is 0. The summed E-state index contributed by atoms with van der Waals surface area (Å²) in [7, 11) is 0. The molecule has 0 aromatic carbocycles. The minimum absolute atomic E-state index is 0.872. The molecule has 0 aliphatic heterocycles. The Morgan fingerprint density at radius 2 is 1.33 bits per heavy atom. The van der Waals surface area contributed by atoms with Gasteiger partial charge in [-0.1, -0.05) is 0 Å². The molecule has 0 amide bonds. The smallest absolute Gasteiger partial charge is 0.0542 e. The summed E-state index contributed by atoms with van der Waals surface area (Å²) in [6.45, 7) is 0. The Bertz CT molecular complexity index is 199. The molecule has 2 aliphatic rings. The second kappa shape index (κ2) is 1.32. The fourth-order valence-corrected chi connectivity index (χ4v) is 1.58. The quantitative estimate of drug-likeness (QED) is 0.494. The van der Waals surface area contributed by atoms with Gasteiger partial charge in [-0.15, -0.1) is 0 Å². The third-order valence-electron chi connectivity index (χ3n) is 2.21. The predicted octanol–water partition coefficient (Wildman–Crippen LogP) is 0.610. The molecule has 0 unspecified atom stereocenters. The molecule has 1 saturated carbocycles. The first-order chi connectivity index (χ1) is 4.29. The van der Waals surface area contributed by atoms with E-state index in [1.165, 1.54) is 11.1 Å². The monoisotopic (exact) mass is 122 g/mol. The molecule has 0 radical (unpaired) electrons. The van der Waals surface area contributed by atoms with Crippen molar-refractivity contribution >= 4 is 0 Å². The Morgan fingerprint density at radius 1 is 0.889 bits per heavy atom. The van der Waals surface area contributed by atoms with Crippen LogP contribution >= 0.6 is 0 Å². The second-order valence-corrected chi connectivity index (χ2v) is 2.71. The van der Waals surface area contributed by atoms with E-state index >= 15 is 0 Å². The molecular weight excluding hydrogens is 112 g/mol. The van der Waals surface area contributed by atoms with E-state index in [0.717, 1.165) is 30.7 Å². The number of nitrogens with two attached hydrogens (primary N) is 2. The van der Waals surface area contributed by atoms with Gasteiger partial charge in [0.2, 0.25) is 0 Å². The predicted molar refractivity (Wildman–Crippen MR) is 36.3 cm³/mol. The number of rotatable bonds is 0. The van der Waals surface area contributed by atoms with Crippen LogP contribution in [0.3, 0.4) is 0 Å². The Kier molecular flexibility index (Phi) is 0.721.